The molecule has 0 radical (unpaired) electrons. The molecule has 2 nitrogen and oxygen atoms in total. The van der Waals surface area contributed by atoms with Gasteiger partial charge in [0.15, 0.2) is 0 Å². The predicted octanol–water partition coefficient (Wildman–Crippen LogP) is 3.20. The molecule has 18 heavy (non-hydrogen) atoms. The summed E-state index contributed by atoms with van der Waals surface area (Å²) in [6.07, 6.45) is 0. The van der Waals surface area contributed by atoms with Crippen LogP contribution < -0.4 is 11.1 Å². The van der Waals surface area contributed by atoms with Gasteiger partial charge in [0.2, 0.25) is 0 Å². The first-order valence-corrected chi connectivity index (χ1v) is 6.80. The molecule has 0 aromatic heterocycles. The van der Waals surface area contributed by atoms with Gasteiger partial charge >= 0.3 is 0 Å². The number of hydrogen-bond acceptors (Lipinski definition) is 2. The summed E-state index contributed by atoms with van der Waals surface area (Å²) >= 11 is 3.48. The van der Waals surface area contributed by atoms with Crippen LogP contribution in [0.25, 0.3) is 0 Å². The highest BCUT2D eigenvalue weighted by Gasteiger charge is 1.96. The third kappa shape index (κ3) is 3.95. The van der Waals surface area contributed by atoms with Crippen LogP contribution in [0.3, 0.4) is 0 Å². The maximum atomic E-state index is 5.63. The van der Waals surface area contributed by atoms with Gasteiger partial charge < -0.3 is 11.1 Å². The lowest BCUT2D eigenvalue weighted by Crippen LogP contribution is -2.13. The second-order valence-electron chi connectivity index (χ2n) is 4.26. The first kappa shape index (κ1) is 13.3. The molecule has 94 valence electrons. The SMILES string of the molecule is NCc1cccc(CNCc2cccc(Br)c2)c1. The average molecular weight is 305 g/mol. The Hall–Kier alpha value is -1.16. The Labute approximate surface area is 116 Å². The number of nitrogens with two attached hydrogens (primary N) is 1. The van der Waals surface area contributed by atoms with Crippen molar-refractivity contribution in [2.45, 2.75) is 19.6 Å². The zero-order valence-electron chi connectivity index (χ0n) is 10.2. The summed E-state index contributed by atoms with van der Waals surface area (Å²) in [6, 6.07) is 16.7. The van der Waals surface area contributed by atoms with Crippen LogP contribution in [-0.4, -0.2) is 0 Å². The molecular formula is C15H17BrN2. The summed E-state index contributed by atoms with van der Waals surface area (Å²) < 4.78 is 1.12. The van der Waals surface area contributed by atoms with E-state index in [1.165, 1.54) is 16.7 Å². The van der Waals surface area contributed by atoms with E-state index < -0.39 is 0 Å². The minimum Gasteiger partial charge on any atom is -0.326 e. The van der Waals surface area contributed by atoms with Crippen LogP contribution in [0.2, 0.25) is 0 Å². The largest absolute Gasteiger partial charge is 0.326 e. The molecule has 0 atom stereocenters. The van der Waals surface area contributed by atoms with Crippen molar-refractivity contribution in [1.29, 1.82) is 0 Å². The maximum absolute atomic E-state index is 5.63. The number of nitrogens with one attached hydrogen (secondary N) is 1. The lowest BCUT2D eigenvalue weighted by molar-refractivity contribution is 0.692. The molecule has 3 heteroatoms. The first-order chi connectivity index (χ1) is 8.78. The van der Waals surface area contributed by atoms with E-state index in [1.54, 1.807) is 0 Å². The summed E-state index contributed by atoms with van der Waals surface area (Å²) in [7, 11) is 0. The lowest BCUT2D eigenvalue weighted by Gasteiger charge is -2.07. The van der Waals surface area contributed by atoms with Crippen molar-refractivity contribution in [3.63, 3.8) is 0 Å². The average Bonchev–Trinajstić information content (AvgIpc) is 2.39. The summed E-state index contributed by atoms with van der Waals surface area (Å²) in [6.45, 7) is 2.33. The summed E-state index contributed by atoms with van der Waals surface area (Å²) in [5.74, 6) is 0. The molecule has 0 aliphatic carbocycles. The van der Waals surface area contributed by atoms with E-state index >= 15 is 0 Å². The molecule has 0 aliphatic rings. The second-order valence-corrected chi connectivity index (χ2v) is 5.17. The predicted molar refractivity (Wildman–Crippen MR) is 79.0 cm³/mol. The van der Waals surface area contributed by atoms with Gasteiger partial charge in [-0.15, -0.1) is 0 Å². The summed E-state index contributed by atoms with van der Waals surface area (Å²) in [5, 5.41) is 3.43. The fraction of sp³-hybridized carbons (Fsp3) is 0.200. The van der Waals surface area contributed by atoms with Crippen molar-refractivity contribution < 1.29 is 0 Å². The minimum absolute atomic E-state index is 0.597. The van der Waals surface area contributed by atoms with Gasteiger partial charge in [0, 0.05) is 24.1 Å². The van der Waals surface area contributed by atoms with Crippen LogP contribution >= 0.6 is 15.9 Å². The van der Waals surface area contributed by atoms with Crippen molar-refractivity contribution in [2.75, 3.05) is 0 Å². The Bertz CT molecular complexity index is 511. The number of hydrogen-bond donors (Lipinski definition) is 2. The van der Waals surface area contributed by atoms with Crippen molar-refractivity contribution in [1.82, 2.24) is 5.32 Å². The summed E-state index contributed by atoms with van der Waals surface area (Å²) in [4.78, 5) is 0. The van der Waals surface area contributed by atoms with Gasteiger partial charge in [0.1, 0.15) is 0 Å². The molecule has 0 saturated carbocycles. The van der Waals surface area contributed by atoms with Gasteiger partial charge in [-0.2, -0.15) is 0 Å². The molecular weight excluding hydrogens is 288 g/mol. The molecule has 0 fully saturated rings. The van der Waals surface area contributed by atoms with E-state index in [0.717, 1.165) is 17.6 Å². The van der Waals surface area contributed by atoms with Crippen molar-refractivity contribution in [2.24, 2.45) is 5.73 Å². The molecule has 2 aromatic rings. The Balaban J connectivity index is 1.88. The molecule has 0 heterocycles. The third-order valence-corrected chi connectivity index (χ3v) is 3.27. The Kier molecular flexibility index (Phi) is 4.93. The molecule has 0 unspecified atom stereocenters. The van der Waals surface area contributed by atoms with Gasteiger partial charge in [0.25, 0.3) is 0 Å². The molecule has 0 spiro atoms. The fourth-order valence-electron chi connectivity index (χ4n) is 1.86. The van der Waals surface area contributed by atoms with Crippen LogP contribution in [0.5, 0.6) is 0 Å². The van der Waals surface area contributed by atoms with E-state index in [2.05, 4.69) is 63.7 Å². The first-order valence-electron chi connectivity index (χ1n) is 6.01. The summed E-state index contributed by atoms with van der Waals surface area (Å²) in [5.41, 5.74) is 9.36. The Morgan fingerprint density at radius 3 is 2.17 bits per heavy atom. The monoisotopic (exact) mass is 304 g/mol. The third-order valence-electron chi connectivity index (χ3n) is 2.77. The molecule has 0 saturated heterocycles. The van der Waals surface area contributed by atoms with Gasteiger partial charge in [-0.3, -0.25) is 0 Å². The minimum atomic E-state index is 0.597. The Morgan fingerprint density at radius 1 is 0.889 bits per heavy atom. The quantitative estimate of drug-likeness (QED) is 0.890. The Morgan fingerprint density at radius 2 is 1.50 bits per heavy atom. The molecule has 2 rings (SSSR count). The molecule has 0 aliphatic heterocycles. The van der Waals surface area contributed by atoms with Crippen molar-refractivity contribution in [3.05, 3.63) is 69.7 Å². The second kappa shape index (κ2) is 6.69. The molecule has 0 amide bonds. The van der Waals surface area contributed by atoms with E-state index in [0.29, 0.717) is 6.54 Å². The van der Waals surface area contributed by atoms with Crippen molar-refractivity contribution in [3.8, 4) is 0 Å². The molecule has 0 bridgehead atoms. The molecule has 2 aromatic carbocycles. The zero-order chi connectivity index (χ0) is 12.8. The van der Waals surface area contributed by atoms with Crippen LogP contribution in [0.1, 0.15) is 16.7 Å². The van der Waals surface area contributed by atoms with Gasteiger partial charge in [-0.25, -0.2) is 0 Å². The number of rotatable bonds is 5. The van der Waals surface area contributed by atoms with Crippen molar-refractivity contribution >= 4 is 15.9 Å². The highest BCUT2D eigenvalue weighted by molar-refractivity contribution is 9.10. The standard InChI is InChI=1S/C15H17BrN2/c16-15-6-2-5-14(8-15)11-18-10-13-4-1-3-12(7-13)9-17/h1-8,18H,9-11,17H2. The van der Waals surface area contributed by atoms with E-state index in [9.17, 15) is 0 Å². The normalized spacial score (nSPS) is 10.6. The maximum Gasteiger partial charge on any atom is 0.0209 e. The zero-order valence-corrected chi connectivity index (χ0v) is 11.8. The number of halogens is 1. The van der Waals surface area contributed by atoms with Crippen LogP contribution in [0.4, 0.5) is 0 Å². The number of benzene rings is 2. The highest BCUT2D eigenvalue weighted by Crippen LogP contribution is 2.11. The fourth-order valence-corrected chi connectivity index (χ4v) is 2.31. The highest BCUT2D eigenvalue weighted by atomic mass is 79.9. The van der Waals surface area contributed by atoms with Crippen LogP contribution in [-0.2, 0) is 19.6 Å². The van der Waals surface area contributed by atoms with E-state index in [-0.39, 0.29) is 0 Å². The van der Waals surface area contributed by atoms with E-state index in [1.807, 2.05) is 6.07 Å². The topological polar surface area (TPSA) is 38.0 Å². The van der Waals surface area contributed by atoms with Gasteiger partial charge in [0.05, 0.1) is 0 Å². The van der Waals surface area contributed by atoms with Crippen LogP contribution in [0.15, 0.2) is 53.0 Å². The van der Waals surface area contributed by atoms with Gasteiger partial charge in [-0.05, 0) is 28.8 Å². The van der Waals surface area contributed by atoms with Gasteiger partial charge in [-0.1, -0.05) is 52.3 Å². The van der Waals surface area contributed by atoms with Crippen LogP contribution in [0, 0.1) is 0 Å². The molecule has 3 N–H and O–H groups in total. The smallest absolute Gasteiger partial charge is 0.0209 e. The van der Waals surface area contributed by atoms with E-state index in [4.69, 9.17) is 5.73 Å². The lowest BCUT2D eigenvalue weighted by atomic mass is 10.1.